The van der Waals surface area contributed by atoms with Crippen molar-refractivity contribution < 1.29 is 19.0 Å². The minimum absolute atomic E-state index is 0.280. The van der Waals surface area contributed by atoms with Gasteiger partial charge in [-0.2, -0.15) is 4.98 Å². The van der Waals surface area contributed by atoms with Gasteiger partial charge in [-0.3, -0.25) is 4.79 Å². The Hall–Kier alpha value is -3.96. The number of thioether (sulfide) groups is 1. The molecule has 0 bridgehead atoms. The van der Waals surface area contributed by atoms with Crippen LogP contribution in [0.15, 0.2) is 81.6 Å². The highest BCUT2D eigenvalue weighted by atomic mass is 79.9. The number of unbranched alkanes of at least 4 members (excludes halogenated alkanes) is 1. The van der Waals surface area contributed by atoms with E-state index in [0.717, 1.165) is 35.3 Å². The number of anilines is 2. The number of allylic oxidation sites excluding steroid dienone is 1. The van der Waals surface area contributed by atoms with E-state index in [1.54, 1.807) is 16.4 Å². The third-order valence-electron chi connectivity index (χ3n) is 7.52. The highest BCUT2D eigenvalue weighted by Crippen LogP contribution is 2.44. The first-order valence-electron chi connectivity index (χ1n) is 15.6. The predicted octanol–water partition coefficient (Wildman–Crippen LogP) is 8.55. The first kappa shape index (κ1) is 33.4. The minimum atomic E-state index is -0.607. The molecule has 0 saturated heterocycles. The monoisotopic (exact) mass is 705 g/mol. The summed E-state index contributed by atoms with van der Waals surface area (Å²) >= 11 is 5.37. The highest BCUT2D eigenvalue weighted by Gasteiger charge is 2.36. The number of hydrogen-bond donors (Lipinski definition) is 2. The Balaban J connectivity index is 1.57. The fraction of sp³-hybridized carbons (Fsp3) is 0.343. The molecule has 1 aliphatic rings. The number of rotatable bonds is 14. The number of carbonyl (C=O) groups excluding carboxylic acids is 1. The summed E-state index contributed by atoms with van der Waals surface area (Å²) in [5, 5.41) is 12.0. The van der Waals surface area contributed by atoms with Crippen molar-refractivity contribution >= 4 is 45.2 Å². The quantitative estimate of drug-likeness (QED) is 0.0995. The standard InChI is InChI=1S/C35H40BrN5O4S/c1-6-9-18-46-35-39-34-37-23(5)30(33(42)38-27-16-12-13-17-28(27)43-7-2)31(41(34)40-35)25-19-26(36)32(29(20-25)44-8-3)45-21-24-15-11-10-14-22(24)4/h10-17,19-20,31H,6-9,18,21H2,1-5H3,(H,38,42)(H,37,39,40). The van der Waals surface area contributed by atoms with Gasteiger partial charge in [0.1, 0.15) is 18.4 Å². The van der Waals surface area contributed by atoms with Crippen molar-refractivity contribution in [3.63, 3.8) is 0 Å². The van der Waals surface area contributed by atoms with E-state index >= 15 is 0 Å². The SMILES string of the molecule is CCCCSc1nc2n(n1)C(c1cc(Br)c(OCc3ccccc3C)c(OCC)c1)C(C(=O)Nc1ccccc1OCC)=C(C)N2. The molecular formula is C35H40BrN5O4S. The lowest BCUT2D eigenvalue weighted by molar-refractivity contribution is -0.113. The van der Waals surface area contributed by atoms with Crippen molar-refractivity contribution in [1.82, 2.24) is 14.8 Å². The maximum absolute atomic E-state index is 14.2. The summed E-state index contributed by atoms with van der Waals surface area (Å²) in [4.78, 5) is 19.0. The van der Waals surface area contributed by atoms with E-state index in [4.69, 9.17) is 24.3 Å². The lowest BCUT2D eigenvalue weighted by Crippen LogP contribution is -2.31. The number of ether oxygens (including phenoxy) is 3. The molecule has 1 atom stereocenters. The molecule has 4 aromatic rings. The maximum Gasteiger partial charge on any atom is 0.255 e. The van der Waals surface area contributed by atoms with E-state index in [0.29, 0.717) is 69.6 Å². The van der Waals surface area contributed by atoms with Crippen molar-refractivity contribution in [2.75, 3.05) is 29.6 Å². The first-order valence-corrected chi connectivity index (χ1v) is 17.4. The molecule has 0 fully saturated rings. The molecule has 2 heterocycles. The number of amides is 1. The molecule has 1 amide bonds. The average molecular weight is 707 g/mol. The van der Waals surface area contributed by atoms with Gasteiger partial charge in [0.25, 0.3) is 5.91 Å². The number of nitrogens with one attached hydrogen (secondary N) is 2. The Morgan fingerprint density at radius 3 is 2.50 bits per heavy atom. The van der Waals surface area contributed by atoms with Gasteiger partial charge < -0.3 is 24.8 Å². The number of benzene rings is 3. The zero-order valence-electron chi connectivity index (χ0n) is 26.9. The van der Waals surface area contributed by atoms with Gasteiger partial charge in [-0.05, 0) is 91.0 Å². The smallest absolute Gasteiger partial charge is 0.255 e. The van der Waals surface area contributed by atoms with Crippen LogP contribution in [0.2, 0.25) is 0 Å². The molecule has 3 aromatic carbocycles. The Morgan fingerprint density at radius 1 is 1.00 bits per heavy atom. The van der Waals surface area contributed by atoms with Crippen LogP contribution in [0, 0.1) is 6.92 Å². The van der Waals surface area contributed by atoms with Gasteiger partial charge in [0.2, 0.25) is 11.1 Å². The molecule has 242 valence electrons. The normalized spacial score (nSPS) is 14.0. The Morgan fingerprint density at radius 2 is 1.74 bits per heavy atom. The minimum Gasteiger partial charge on any atom is -0.492 e. The molecule has 9 nitrogen and oxygen atoms in total. The summed E-state index contributed by atoms with van der Waals surface area (Å²) in [5.41, 5.74) is 4.79. The summed E-state index contributed by atoms with van der Waals surface area (Å²) in [6, 6.07) is 18.8. The topological polar surface area (TPSA) is 99.5 Å². The van der Waals surface area contributed by atoms with Gasteiger partial charge in [-0.25, -0.2) is 4.68 Å². The third kappa shape index (κ3) is 7.53. The number of hydrogen-bond acceptors (Lipinski definition) is 8. The van der Waals surface area contributed by atoms with Crippen LogP contribution < -0.4 is 24.8 Å². The zero-order chi connectivity index (χ0) is 32.6. The van der Waals surface area contributed by atoms with Crippen LogP contribution in [0.25, 0.3) is 0 Å². The third-order valence-corrected chi connectivity index (χ3v) is 9.04. The van der Waals surface area contributed by atoms with E-state index in [1.807, 2.05) is 69.3 Å². The van der Waals surface area contributed by atoms with Crippen LogP contribution in [0.1, 0.15) is 63.3 Å². The molecule has 0 saturated carbocycles. The highest BCUT2D eigenvalue weighted by molar-refractivity contribution is 9.10. The van der Waals surface area contributed by atoms with Crippen LogP contribution in [0.3, 0.4) is 0 Å². The molecule has 0 aliphatic carbocycles. The van der Waals surface area contributed by atoms with Crippen molar-refractivity contribution in [3.05, 3.63) is 93.1 Å². The largest absolute Gasteiger partial charge is 0.492 e. The number of aryl methyl sites for hydroxylation is 1. The van der Waals surface area contributed by atoms with Gasteiger partial charge in [0, 0.05) is 11.4 Å². The fourth-order valence-corrected chi connectivity index (χ4v) is 6.70. The number of para-hydroxylation sites is 2. The summed E-state index contributed by atoms with van der Waals surface area (Å²) in [6.07, 6.45) is 2.15. The summed E-state index contributed by atoms with van der Waals surface area (Å²) in [6.45, 7) is 11.3. The van der Waals surface area contributed by atoms with Crippen molar-refractivity contribution in [1.29, 1.82) is 0 Å². The van der Waals surface area contributed by atoms with Crippen LogP contribution in [-0.2, 0) is 11.4 Å². The van der Waals surface area contributed by atoms with Crippen LogP contribution in [0.5, 0.6) is 17.2 Å². The van der Waals surface area contributed by atoms with E-state index in [1.165, 1.54) is 0 Å². The summed E-state index contributed by atoms with van der Waals surface area (Å²) in [7, 11) is 0. The molecule has 1 unspecified atom stereocenters. The molecule has 1 aliphatic heterocycles. The summed E-state index contributed by atoms with van der Waals surface area (Å²) in [5.74, 6) is 2.96. The Labute approximate surface area is 283 Å². The second-order valence-corrected chi connectivity index (χ2v) is 12.7. The van der Waals surface area contributed by atoms with Crippen molar-refractivity contribution in [3.8, 4) is 17.2 Å². The van der Waals surface area contributed by atoms with Crippen LogP contribution in [-0.4, -0.2) is 39.6 Å². The Bertz CT molecular complexity index is 1720. The number of halogens is 1. The van der Waals surface area contributed by atoms with Gasteiger partial charge in [0.15, 0.2) is 11.5 Å². The number of nitrogens with zero attached hydrogens (tertiary/aromatic N) is 3. The first-order chi connectivity index (χ1) is 22.3. The molecule has 46 heavy (non-hydrogen) atoms. The second-order valence-electron chi connectivity index (χ2n) is 10.8. The van der Waals surface area contributed by atoms with E-state index in [9.17, 15) is 4.79 Å². The molecule has 0 radical (unpaired) electrons. The molecule has 2 N–H and O–H groups in total. The van der Waals surface area contributed by atoms with Crippen molar-refractivity contribution in [2.45, 2.75) is 65.3 Å². The van der Waals surface area contributed by atoms with Crippen LogP contribution >= 0.6 is 27.7 Å². The molecular weight excluding hydrogens is 666 g/mol. The summed E-state index contributed by atoms with van der Waals surface area (Å²) < 4.78 is 20.8. The maximum atomic E-state index is 14.2. The number of fused-ring (bicyclic) bond motifs is 1. The molecule has 11 heteroatoms. The molecule has 0 spiro atoms. The lowest BCUT2D eigenvalue weighted by Gasteiger charge is -2.29. The van der Waals surface area contributed by atoms with Crippen molar-refractivity contribution in [2.24, 2.45) is 0 Å². The lowest BCUT2D eigenvalue weighted by atomic mass is 9.94. The Kier molecular flexibility index (Phi) is 11.3. The zero-order valence-corrected chi connectivity index (χ0v) is 29.3. The van der Waals surface area contributed by atoms with Gasteiger partial charge in [0.05, 0.1) is 28.9 Å². The predicted molar refractivity (Wildman–Crippen MR) is 187 cm³/mol. The van der Waals surface area contributed by atoms with Gasteiger partial charge in [-0.1, -0.05) is 61.5 Å². The molecule has 1 aromatic heterocycles. The second kappa shape index (κ2) is 15.6. The van der Waals surface area contributed by atoms with E-state index in [2.05, 4.69) is 52.5 Å². The molecule has 5 rings (SSSR count). The van der Waals surface area contributed by atoms with E-state index in [-0.39, 0.29) is 5.91 Å². The van der Waals surface area contributed by atoms with Gasteiger partial charge >= 0.3 is 0 Å². The average Bonchev–Trinajstić information content (AvgIpc) is 3.44. The van der Waals surface area contributed by atoms with Crippen LogP contribution in [0.4, 0.5) is 11.6 Å². The number of carbonyl (C=O) groups is 1. The number of aromatic nitrogens is 3. The van der Waals surface area contributed by atoms with E-state index < -0.39 is 6.04 Å². The van der Waals surface area contributed by atoms with Gasteiger partial charge in [-0.15, -0.1) is 5.10 Å². The fourth-order valence-electron chi connectivity index (χ4n) is 5.21.